The van der Waals surface area contributed by atoms with E-state index in [0.29, 0.717) is 13.2 Å². The molecular formula is C27H34NO2PSi. The summed E-state index contributed by atoms with van der Waals surface area (Å²) in [4.78, 5) is 19.9. The molecule has 0 radical (unpaired) electrons. The number of nitrogens with zero attached hydrogens (tertiary/aromatic N) is 1. The Kier molecular flexibility index (Phi) is 6.95. The summed E-state index contributed by atoms with van der Waals surface area (Å²) in [6.07, 6.45) is 0.816. The van der Waals surface area contributed by atoms with Gasteiger partial charge in [0.05, 0.1) is 0 Å². The third-order valence-electron chi connectivity index (χ3n) is 6.47. The zero-order chi connectivity index (χ0) is 22.6. The fraction of sp³-hybridized carbons (Fsp3) is 0.296. The van der Waals surface area contributed by atoms with Crippen molar-refractivity contribution >= 4 is 37.2 Å². The van der Waals surface area contributed by atoms with E-state index in [0.717, 1.165) is 12.5 Å². The number of benzene rings is 3. The Hall–Kier alpha value is -2.26. The Labute approximate surface area is 193 Å². The molecule has 3 aromatic carbocycles. The van der Waals surface area contributed by atoms with Crippen molar-refractivity contribution in [3.8, 4) is 0 Å². The molecule has 0 aromatic heterocycles. The number of carbonyl (C=O) groups is 1. The van der Waals surface area contributed by atoms with Crippen LogP contribution in [0.1, 0.15) is 6.42 Å². The van der Waals surface area contributed by atoms with Crippen LogP contribution in [0, 0.1) is 0 Å². The molecule has 1 saturated heterocycles. The van der Waals surface area contributed by atoms with Crippen LogP contribution >= 0.6 is 7.26 Å². The number of rotatable bonds is 8. The van der Waals surface area contributed by atoms with Crippen molar-refractivity contribution in [2.24, 2.45) is 0 Å². The Balaban J connectivity index is 1.79. The minimum atomic E-state index is -2.63. The topological polar surface area (TPSA) is 29.5 Å². The first-order valence-corrected chi connectivity index (χ1v) is 17.3. The van der Waals surface area contributed by atoms with E-state index in [1.165, 1.54) is 15.9 Å². The maximum absolute atomic E-state index is 13.9. The van der Waals surface area contributed by atoms with E-state index in [1.807, 2.05) is 0 Å². The van der Waals surface area contributed by atoms with E-state index in [9.17, 15) is 4.79 Å². The van der Waals surface area contributed by atoms with Crippen LogP contribution in [0.4, 0.5) is 0 Å². The average molecular weight is 464 g/mol. The van der Waals surface area contributed by atoms with Gasteiger partial charge in [0.1, 0.15) is 0 Å². The van der Waals surface area contributed by atoms with E-state index < -0.39 is 15.3 Å². The van der Waals surface area contributed by atoms with Crippen LogP contribution in [0.15, 0.2) is 91.0 Å². The van der Waals surface area contributed by atoms with Crippen LogP contribution in [0.5, 0.6) is 0 Å². The average Bonchev–Trinajstić information content (AvgIpc) is 3.16. The molecule has 3 nitrogen and oxygen atoms in total. The third-order valence-corrected chi connectivity index (χ3v) is 13.5. The van der Waals surface area contributed by atoms with E-state index in [-0.39, 0.29) is 11.6 Å². The molecule has 4 rings (SSSR count). The van der Waals surface area contributed by atoms with E-state index in [1.54, 1.807) is 5.06 Å². The van der Waals surface area contributed by atoms with Gasteiger partial charge in [-0.3, -0.25) is 0 Å². The molecule has 32 heavy (non-hydrogen) atoms. The zero-order valence-corrected chi connectivity index (χ0v) is 21.3. The fourth-order valence-electron chi connectivity index (χ4n) is 4.85. The summed E-state index contributed by atoms with van der Waals surface area (Å²) in [7, 11) is -3.85. The van der Waals surface area contributed by atoms with E-state index in [2.05, 4.69) is 111 Å². The Morgan fingerprint density at radius 3 is 1.66 bits per heavy atom. The molecule has 0 spiro atoms. The van der Waals surface area contributed by atoms with Crippen molar-refractivity contribution in [2.45, 2.75) is 37.8 Å². The number of carbonyl (C=O) groups excluding carboxylic acids is 1. The molecule has 0 saturated carbocycles. The first kappa shape index (κ1) is 22.9. The van der Waals surface area contributed by atoms with Gasteiger partial charge in [-0.2, -0.15) is 0 Å². The molecule has 3 aromatic rings. The van der Waals surface area contributed by atoms with Crippen LogP contribution < -0.4 is 15.9 Å². The second-order valence-electron chi connectivity index (χ2n) is 9.83. The number of hydrogen-bond acceptors (Lipinski definition) is 2. The SMILES string of the molecule is C[Si](C)(C)CCON1CCC([PH](c2ccccc2)(c2ccccc2)c2ccccc2)C1=O. The van der Waals surface area contributed by atoms with Crippen LogP contribution in [-0.2, 0) is 9.63 Å². The summed E-state index contributed by atoms with van der Waals surface area (Å²) < 4.78 is 0. The fourth-order valence-corrected chi connectivity index (χ4v) is 11.0. The van der Waals surface area contributed by atoms with Crippen LogP contribution in [0.2, 0.25) is 25.7 Å². The van der Waals surface area contributed by atoms with Crippen molar-refractivity contribution in [2.75, 3.05) is 13.2 Å². The molecule has 168 valence electrons. The summed E-state index contributed by atoms with van der Waals surface area (Å²) in [5, 5.41) is 5.50. The second-order valence-corrected chi connectivity index (χ2v) is 19.5. The van der Waals surface area contributed by atoms with Crippen LogP contribution in [0.3, 0.4) is 0 Å². The minimum absolute atomic E-state index is 0.0958. The Bertz CT molecular complexity index is 925. The molecule has 5 heteroatoms. The second kappa shape index (κ2) is 9.70. The normalized spacial score (nSPS) is 17.5. The van der Waals surface area contributed by atoms with Crippen LogP contribution in [0.25, 0.3) is 0 Å². The van der Waals surface area contributed by atoms with Crippen molar-refractivity contribution < 1.29 is 9.63 Å². The first-order chi connectivity index (χ1) is 15.4. The Morgan fingerprint density at radius 2 is 1.25 bits per heavy atom. The molecule has 1 unspecified atom stereocenters. The van der Waals surface area contributed by atoms with E-state index in [4.69, 9.17) is 4.84 Å². The van der Waals surface area contributed by atoms with Crippen molar-refractivity contribution in [1.82, 2.24) is 5.06 Å². The van der Waals surface area contributed by atoms with Gasteiger partial charge in [-0.1, -0.05) is 0 Å². The zero-order valence-electron chi connectivity index (χ0n) is 19.3. The molecular weight excluding hydrogens is 429 g/mol. The van der Waals surface area contributed by atoms with Crippen molar-refractivity contribution in [3.05, 3.63) is 91.0 Å². The van der Waals surface area contributed by atoms with Gasteiger partial charge in [-0.15, -0.1) is 0 Å². The Morgan fingerprint density at radius 1 is 0.812 bits per heavy atom. The van der Waals surface area contributed by atoms with Crippen molar-refractivity contribution in [1.29, 1.82) is 0 Å². The molecule has 1 atom stereocenters. The molecule has 0 N–H and O–H groups in total. The number of amides is 1. The molecule has 1 aliphatic heterocycles. The molecule has 1 amide bonds. The van der Waals surface area contributed by atoms with Gasteiger partial charge in [-0.05, 0) is 0 Å². The number of hydrogen-bond donors (Lipinski definition) is 0. The number of hydroxylamine groups is 2. The first-order valence-electron chi connectivity index (χ1n) is 11.5. The maximum atomic E-state index is 13.9. The predicted molar refractivity (Wildman–Crippen MR) is 141 cm³/mol. The van der Waals surface area contributed by atoms with Gasteiger partial charge in [0.25, 0.3) is 0 Å². The quantitative estimate of drug-likeness (QED) is 0.361. The van der Waals surface area contributed by atoms with Crippen LogP contribution in [-0.4, -0.2) is 37.9 Å². The van der Waals surface area contributed by atoms with Gasteiger partial charge < -0.3 is 0 Å². The monoisotopic (exact) mass is 463 g/mol. The summed E-state index contributed by atoms with van der Waals surface area (Å²) >= 11 is 0. The summed E-state index contributed by atoms with van der Waals surface area (Å²) in [6, 6.07) is 33.1. The van der Waals surface area contributed by atoms with Gasteiger partial charge in [0.15, 0.2) is 0 Å². The van der Waals surface area contributed by atoms with Gasteiger partial charge >= 0.3 is 194 Å². The van der Waals surface area contributed by atoms with Gasteiger partial charge in [-0.25, -0.2) is 0 Å². The van der Waals surface area contributed by atoms with Gasteiger partial charge in [0.2, 0.25) is 0 Å². The van der Waals surface area contributed by atoms with Gasteiger partial charge in [0, 0.05) is 0 Å². The molecule has 1 fully saturated rings. The predicted octanol–water partition coefficient (Wildman–Crippen LogP) is 4.58. The standard InChI is InChI=1S/C27H34NO2PSi/c1-32(2,3)22-21-30-28-20-19-26(27(28)29)31(23-13-7-4-8-14-23,24-15-9-5-10-16-24)25-17-11-6-12-18-25/h4-18,26,31H,19-22H2,1-3H3. The molecule has 0 bridgehead atoms. The molecule has 1 aliphatic rings. The summed E-state index contributed by atoms with van der Waals surface area (Å²) in [5.74, 6) is 0.142. The summed E-state index contributed by atoms with van der Waals surface area (Å²) in [5.41, 5.74) is -0.0958. The summed E-state index contributed by atoms with van der Waals surface area (Å²) in [6.45, 7) is 8.30. The molecule has 0 aliphatic carbocycles. The third kappa shape index (κ3) is 4.59. The molecule has 1 heterocycles. The van der Waals surface area contributed by atoms with E-state index >= 15 is 0 Å². The van der Waals surface area contributed by atoms with Crippen molar-refractivity contribution in [3.63, 3.8) is 0 Å².